The number of carbonyl (C=O) groups excluding carboxylic acids is 1. The van der Waals surface area contributed by atoms with Crippen LogP contribution in [0, 0.1) is 13.8 Å². The van der Waals surface area contributed by atoms with Gasteiger partial charge in [-0.25, -0.2) is 5.43 Å². The molecule has 3 rings (SSSR count). The van der Waals surface area contributed by atoms with Crippen molar-refractivity contribution in [3.05, 3.63) is 95.1 Å². The largest absolute Gasteiger partial charge is 0.379 e. The molecule has 3 aromatic carbocycles. The van der Waals surface area contributed by atoms with E-state index in [9.17, 15) is 13.2 Å². The van der Waals surface area contributed by atoms with Crippen LogP contribution in [0.3, 0.4) is 0 Å². The summed E-state index contributed by atoms with van der Waals surface area (Å²) < 4.78 is 29.8. The predicted molar refractivity (Wildman–Crippen MR) is 116 cm³/mol. The Morgan fingerprint density at radius 3 is 2.07 bits per heavy atom. The van der Waals surface area contributed by atoms with Gasteiger partial charge in [0.05, 0.1) is 12.6 Å². The first-order valence-electron chi connectivity index (χ1n) is 9.30. The zero-order valence-corrected chi connectivity index (χ0v) is 17.5. The number of hydrazone groups is 1. The van der Waals surface area contributed by atoms with Crippen LogP contribution in [0.5, 0.6) is 5.75 Å². The van der Waals surface area contributed by atoms with Crippen LogP contribution in [0.2, 0.25) is 0 Å². The van der Waals surface area contributed by atoms with Crippen molar-refractivity contribution in [1.82, 2.24) is 5.43 Å². The van der Waals surface area contributed by atoms with Gasteiger partial charge in [-0.2, -0.15) is 13.5 Å². The Morgan fingerprint density at radius 2 is 1.47 bits per heavy atom. The van der Waals surface area contributed by atoms with Crippen molar-refractivity contribution >= 4 is 22.2 Å². The van der Waals surface area contributed by atoms with Gasteiger partial charge in [0.2, 0.25) is 5.91 Å². The summed E-state index contributed by atoms with van der Waals surface area (Å²) in [5.41, 5.74) is 6.17. The van der Waals surface area contributed by atoms with Crippen molar-refractivity contribution in [2.45, 2.75) is 25.2 Å². The lowest BCUT2D eigenvalue weighted by molar-refractivity contribution is -0.120. The Labute approximate surface area is 176 Å². The Bertz CT molecular complexity index is 1140. The third-order valence-corrected chi connectivity index (χ3v) is 5.55. The normalized spacial score (nSPS) is 11.4. The summed E-state index contributed by atoms with van der Waals surface area (Å²) in [6, 6.07) is 20.5. The number of benzene rings is 3. The second-order valence-electron chi connectivity index (χ2n) is 6.88. The molecule has 0 aliphatic rings. The van der Waals surface area contributed by atoms with E-state index in [-0.39, 0.29) is 23.0 Å². The number of rotatable bonds is 7. The van der Waals surface area contributed by atoms with Crippen LogP contribution in [-0.2, 0) is 21.3 Å². The van der Waals surface area contributed by atoms with E-state index in [4.69, 9.17) is 4.18 Å². The zero-order valence-electron chi connectivity index (χ0n) is 16.7. The maximum absolute atomic E-state index is 12.3. The van der Waals surface area contributed by atoms with Crippen molar-refractivity contribution in [1.29, 1.82) is 0 Å². The van der Waals surface area contributed by atoms with Gasteiger partial charge in [-0.05, 0) is 61.4 Å². The molecule has 0 spiro atoms. The van der Waals surface area contributed by atoms with Crippen molar-refractivity contribution in [3.8, 4) is 5.75 Å². The van der Waals surface area contributed by atoms with Gasteiger partial charge in [0.1, 0.15) is 10.6 Å². The first-order chi connectivity index (χ1) is 14.3. The maximum Gasteiger partial charge on any atom is 0.339 e. The molecule has 0 bridgehead atoms. The molecule has 0 aromatic heterocycles. The third kappa shape index (κ3) is 6.02. The summed E-state index contributed by atoms with van der Waals surface area (Å²) in [7, 11) is -3.89. The van der Waals surface area contributed by atoms with Crippen molar-refractivity contribution in [2.75, 3.05) is 0 Å². The lowest BCUT2D eigenvalue weighted by Gasteiger charge is -2.07. The molecule has 0 saturated carbocycles. The molecule has 0 fully saturated rings. The topological polar surface area (TPSA) is 84.8 Å². The van der Waals surface area contributed by atoms with Crippen LogP contribution in [-0.4, -0.2) is 20.5 Å². The van der Waals surface area contributed by atoms with E-state index < -0.39 is 10.1 Å². The van der Waals surface area contributed by atoms with Crippen LogP contribution >= 0.6 is 0 Å². The van der Waals surface area contributed by atoms with E-state index in [1.807, 2.05) is 38.1 Å². The van der Waals surface area contributed by atoms with E-state index in [0.717, 1.165) is 16.7 Å². The van der Waals surface area contributed by atoms with Crippen LogP contribution in [0.25, 0.3) is 0 Å². The molecular formula is C23H22N2O4S. The molecule has 0 heterocycles. The van der Waals surface area contributed by atoms with E-state index in [0.29, 0.717) is 5.56 Å². The van der Waals surface area contributed by atoms with Gasteiger partial charge in [-0.15, -0.1) is 0 Å². The third-order valence-electron chi connectivity index (χ3n) is 4.28. The fourth-order valence-corrected chi connectivity index (χ4v) is 3.53. The standard InChI is InChI=1S/C23H22N2O4S/c1-17-3-7-19(8-4-17)15-23(26)25-24-16-20-9-11-21(12-10-20)29-30(27,28)22-13-5-18(2)6-14-22/h3-14,16H,15H2,1-2H3,(H,25,26). The van der Waals surface area contributed by atoms with Gasteiger partial charge < -0.3 is 4.18 Å². The summed E-state index contributed by atoms with van der Waals surface area (Å²) in [4.78, 5) is 12.0. The predicted octanol–water partition coefficient (Wildman–Crippen LogP) is 3.76. The molecule has 154 valence electrons. The number of nitrogens with zero attached hydrogens (tertiary/aromatic N) is 1. The number of aryl methyl sites for hydroxylation is 2. The highest BCUT2D eigenvalue weighted by Gasteiger charge is 2.16. The second kappa shape index (κ2) is 9.37. The minimum Gasteiger partial charge on any atom is -0.379 e. The zero-order chi connectivity index (χ0) is 21.6. The molecule has 0 atom stereocenters. The Morgan fingerprint density at radius 1 is 0.900 bits per heavy atom. The summed E-state index contributed by atoms with van der Waals surface area (Å²) >= 11 is 0. The molecule has 0 aliphatic heterocycles. The number of nitrogens with one attached hydrogen (secondary N) is 1. The lowest BCUT2D eigenvalue weighted by atomic mass is 10.1. The highest BCUT2D eigenvalue weighted by atomic mass is 32.2. The molecule has 0 unspecified atom stereocenters. The Kier molecular flexibility index (Phi) is 6.64. The average Bonchev–Trinajstić information content (AvgIpc) is 2.71. The molecule has 0 saturated heterocycles. The summed E-state index contributed by atoms with van der Waals surface area (Å²) in [5, 5.41) is 3.93. The fourth-order valence-electron chi connectivity index (χ4n) is 2.60. The maximum atomic E-state index is 12.3. The Hall–Kier alpha value is -3.45. The van der Waals surface area contributed by atoms with Crippen LogP contribution in [0.1, 0.15) is 22.3 Å². The van der Waals surface area contributed by atoms with E-state index in [1.54, 1.807) is 24.3 Å². The van der Waals surface area contributed by atoms with Gasteiger partial charge in [-0.3, -0.25) is 4.79 Å². The lowest BCUT2D eigenvalue weighted by Crippen LogP contribution is -2.19. The van der Waals surface area contributed by atoms with Gasteiger partial charge in [0, 0.05) is 0 Å². The van der Waals surface area contributed by atoms with Crippen molar-refractivity contribution in [3.63, 3.8) is 0 Å². The first-order valence-corrected chi connectivity index (χ1v) is 10.7. The number of hydrogen-bond donors (Lipinski definition) is 1. The highest BCUT2D eigenvalue weighted by molar-refractivity contribution is 7.87. The monoisotopic (exact) mass is 422 g/mol. The summed E-state index contributed by atoms with van der Waals surface area (Å²) in [6.07, 6.45) is 1.71. The van der Waals surface area contributed by atoms with E-state index in [1.165, 1.54) is 30.5 Å². The van der Waals surface area contributed by atoms with Crippen molar-refractivity contribution < 1.29 is 17.4 Å². The fraction of sp³-hybridized carbons (Fsp3) is 0.130. The molecule has 30 heavy (non-hydrogen) atoms. The van der Waals surface area contributed by atoms with Crippen molar-refractivity contribution in [2.24, 2.45) is 5.10 Å². The molecule has 7 heteroatoms. The highest BCUT2D eigenvalue weighted by Crippen LogP contribution is 2.19. The molecule has 6 nitrogen and oxygen atoms in total. The molecule has 3 aromatic rings. The van der Waals surface area contributed by atoms with Gasteiger partial charge in [-0.1, -0.05) is 47.5 Å². The minimum absolute atomic E-state index is 0.0926. The SMILES string of the molecule is Cc1ccc(CC(=O)NN=Cc2ccc(OS(=O)(=O)c3ccc(C)cc3)cc2)cc1. The molecule has 0 aliphatic carbocycles. The van der Waals surface area contributed by atoms with Gasteiger partial charge >= 0.3 is 10.1 Å². The molecular weight excluding hydrogens is 400 g/mol. The molecule has 0 radical (unpaired) electrons. The second-order valence-corrected chi connectivity index (χ2v) is 8.42. The van der Waals surface area contributed by atoms with E-state index in [2.05, 4.69) is 10.5 Å². The quantitative estimate of drug-likeness (QED) is 0.357. The van der Waals surface area contributed by atoms with Crippen LogP contribution in [0.4, 0.5) is 0 Å². The smallest absolute Gasteiger partial charge is 0.339 e. The van der Waals surface area contributed by atoms with Crippen LogP contribution in [0.15, 0.2) is 82.8 Å². The van der Waals surface area contributed by atoms with E-state index >= 15 is 0 Å². The number of hydrogen-bond acceptors (Lipinski definition) is 5. The summed E-state index contributed by atoms with van der Waals surface area (Å²) in [6.45, 7) is 3.87. The molecule has 1 N–H and O–H groups in total. The van der Waals surface area contributed by atoms with Gasteiger partial charge in [0.15, 0.2) is 0 Å². The minimum atomic E-state index is -3.89. The molecule has 1 amide bonds. The Balaban J connectivity index is 1.55. The first kappa shape index (κ1) is 21.3. The summed E-state index contributed by atoms with van der Waals surface area (Å²) in [5.74, 6) is -0.0321. The number of carbonyl (C=O) groups is 1. The van der Waals surface area contributed by atoms with Crippen LogP contribution < -0.4 is 9.61 Å². The number of amides is 1. The average molecular weight is 423 g/mol. The van der Waals surface area contributed by atoms with Gasteiger partial charge in [0.25, 0.3) is 0 Å².